The molecule has 0 aliphatic carbocycles. The monoisotopic (exact) mass is 402 g/mol. The minimum absolute atomic E-state index is 0.232. The number of nitrogens with two attached hydrogens (primary N) is 1. The van der Waals surface area contributed by atoms with E-state index in [4.69, 9.17) is 14.8 Å². The molecule has 0 aliphatic heterocycles. The molecular weight excluding hydrogens is 371 g/mol. The van der Waals surface area contributed by atoms with Crippen LogP contribution in [0.5, 0.6) is 0 Å². The molecule has 8 nitrogen and oxygen atoms in total. The summed E-state index contributed by atoms with van der Waals surface area (Å²) in [4.78, 5) is 25.4. The lowest BCUT2D eigenvalue weighted by Crippen LogP contribution is -2.27. The van der Waals surface area contributed by atoms with E-state index < -0.39 is 20.1 Å². The van der Waals surface area contributed by atoms with Crippen molar-refractivity contribution in [2.75, 3.05) is 20.3 Å². The number of carbonyl (C=O) groups is 2. The fraction of sp³-hybridized carbons (Fsp3) is 0.611. The van der Waals surface area contributed by atoms with Crippen molar-refractivity contribution in [1.29, 1.82) is 0 Å². The molecule has 0 unspecified atom stereocenters. The van der Waals surface area contributed by atoms with Crippen molar-refractivity contribution in [3.05, 3.63) is 24.0 Å². The third kappa shape index (κ3) is 13.1. The summed E-state index contributed by atoms with van der Waals surface area (Å²) in [6, 6.07) is 3.82. The number of amides is 1. The lowest BCUT2D eigenvalue weighted by atomic mass is 10.2. The normalized spacial score (nSPS) is 10.8. The third-order valence-corrected chi connectivity index (χ3v) is 4.41. The van der Waals surface area contributed by atoms with Gasteiger partial charge in [-0.2, -0.15) is 0 Å². The van der Waals surface area contributed by atoms with Gasteiger partial charge in [0.05, 0.1) is 26.7 Å². The van der Waals surface area contributed by atoms with Crippen LogP contribution in [0.25, 0.3) is 0 Å². The number of esters is 1. The second-order valence-electron chi connectivity index (χ2n) is 6.21. The number of hydrogen-bond donors (Lipinski definition) is 1. The molecule has 0 aliphatic rings. The average Bonchev–Trinajstić information content (AvgIpc) is 2.58. The van der Waals surface area contributed by atoms with Gasteiger partial charge in [0.2, 0.25) is 8.38 Å². The molecular formula is C18H31N2O6P. The number of ether oxygens (including phenoxy) is 2. The first kappa shape index (κ1) is 25.2. The van der Waals surface area contributed by atoms with Crippen molar-refractivity contribution in [2.45, 2.75) is 53.1 Å². The number of primary amides is 1. The van der Waals surface area contributed by atoms with E-state index in [0.29, 0.717) is 26.1 Å². The van der Waals surface area contributed by atoms with Gasteiger partial charge in [-0.25, -0.2) is 4.79 Å². The van der Waals surface area contributed by atoms with Crippen molar-refractivity contribution in [2.24, 2.45) is 5.73 Å². The van der Waals surface area contributed by atoms with Gasteiger partial charge in [-0.3, -0.25) is 9.78 Å². The summed E-state index contributed by atoms with van der Waals surface area (Å²) in [5.74, 6) is -0.232. The summed E-state index contributed by atoms with van der Waals surface area (Å²) in [7, 11) is 0.327. The Morgan fingerprint density at radius 1 is 1.19 bits per heavy atom. The molecule has 0 radical (unpaired) electrons. The molecule has 9 heteroatoms. The summed E-state index contributed by atoms with van der Waals surface area (Å²) >= 11 is 0. The fourth-order valence-electron chi connectivity index (χ4n) is 1.77. The molecule has 0 atom stereocenters. The van der Waals surface area contributed by atoms with Crippen molar-refractivity contribution < 1.29 is 28.1 Å². The number of hydrogen-bond acceptors (Lipinski definition) is 7. The van der Waals surface area contributed by atoms with E-state index in [2.05, 4.69) is 14.5 Å². The Hall–Kier alpha value is -1.76. The fourth-order valence-corrected chi connectivity index (χ4v) is 3.06. The van der Waals surface area contributed by atoms with Gasteiger partial charge in [0.1, 0.15) is 5.60 Å². The van der Waals surface area contributed by atoms with E-state index in [0.717, 1.165) is 11.0 Å². The van der Waals surface area contributed by atoms with E-state index in [-0.39, 0.29) is 5.97 Å². The van der Waals surface area contributed by atoms with Crippen LogP contribution in [-0.4, -0.2) is 43.0 Å². The van der Waals surface area contributed by atoms with Gasteiger partial charge in [0, 0.05) is 23.6 Å². The SMILES string of the molecule is CC(C)(C)OC(N)=O.CCOP(OCC)c1ccnc(CCC(=O)OC)c1. The third-order valence-electron chi connectivity index (χ3n) is 2.72. The average molecular weight is 402 g/mol. The Labute approximate surface area is 162 Å². The van der Waals surface area contributed by atoms with Crippen LogP contribution in [0, 0.1) is 0 Å². The zero-order valence-electron chi connectivity index (χ0n) is 17.0. The quantitative estimate of drug-likeness (QED) is 0.525. The predicted octanol–water partition coefficient (Wildman–Crippen LogP) is 3.08. The minimum Gasteiger partial charge on any atom is -0.469 e. The topological polar surface area (TPSA) is 110 Å². The molecule has 2 N–H and O–H groups in total. The number of nitrogens with zero attached hydrogens (tertiary/aromatic N) is 1. The number of carbonyl (C=O) groups excluding carboxylic acids is 2. The smallest absolute Gasteiger partial charge is 0.405 e. The molecule has 154 valence electrons. The molecule has 0 bridgehead atoms. The molecule has 1 rings (SSSR count). The summed E-state index contributed by atoms with van der Waals surface area (Å²) in [5.41, 5.74) is 5.11. The van der Waals surface area contributed by atoms with Crippen molar-refractivity contribution >= 4 is 25.7 Å². The standard InChI is InChI=1S/C13H20NO4P.C5H11NO2/c1-4-17-19(18-5-2)12-8-9-14-11(10-12)6-7-13(15)16-3;1-5(2,3)8-4(6)7/h8-10H,4-7H2,1-3H3;1-3H3,(H2,6,7). The van der Waals surface area contributed by atoms with E-state index >= 15 is 0 Å². The van der Waals surface area contributed by atoms with Gasteiger partial charge in [-0.15, -0.1) is 0 Å². The Balaban J connectivity index is 0.000000713. The summed E-state index contributed by atoms with van der Waals surface area (Å²) < 4.78 is 20.4. The van der Waals surface area contributed by atoms with Gasteiger partial charge >= 0.3 is 12.1 Å². The van der Waals surface area contributed by atoms with E-state index in [1.54, 1.807) is 27.0 Å². The van der Waals surface area contributed by atoms with Crippen molar-refractivity contribution in [3.63, 3.8) is 0 Å². The molecule has 1 aromatic heterocycles. The first-order chi connectivity index (χ1) is 12.6. The minimum atomic E-state index is -1.06. The molecule has 0 spiro atoms. The van der Waals surface area contributed by atoms with Crippen LogP contribution in [0.2, 0.25) is 0 Å². The van der Waals surface area contributed by atoms with Crippen LogP contribution in [-0.2, 0) is 29.7 Å². The van der Waals surface area contributed by atoms with Gasteiger partial charge < -0.3 is 24.3 Å². The number of aryl methyl sites for hydroxylation is 1. The Kier molecular flexibility index (Phi) is 12.5. The molecule has 1 amide bonds. The van der Waals surface area contributed by atoms with Gasteiger partial charge in [-0.1, -0.05) is 0 Å². The second kappa shape index (κ2) is 13.4. The highest BCUT2D eigenvalue weighted by Crippen LogP contribution is 2.36. The predicted molar refractivity (Wildman–Crippen MR) is 105 cm³/mol. The Bertz CT molecular complexity index is 571. The van der Waals surface area contributed by atoms with Gasteiger partial charge in [-0.05, 0) is 46.8 Å². The van der Waals surface area contributed by atoms with Crippen molar-refractivity contribution in [1.82, 2.24) is 4.98 Å². The highest BCUT2D eigenvalue weighted by atomic mass is 31.2. The summed E-state index contributed by atoms with van der Waals surface area (Å²) in [5, 5.41) is 0.980. The Morgan fingerprint density at radius 3 is 2.19 bits per heavy atom. The van der Waals surface area contributed by atoms with Crippen LogP contribution in [0.1, 0.15) is 46.7 Å². The van der Waals surface area contributed by atoms with Crippen LogP contribution in [0.4, 0.5) is 4.79 Å². The number of pyridine rings is 1. The lowest BCUT2D eigenvalue weighted by molar-refractivity contribution is -0.140. The maximum absolute atomic E-state index is 11.1. The molecule has 0 fully saturated rings. The second-order valence-corrected chi connectivity index (χ2v) is 7.75. The zero-order chi connectivity index (χ0) is 20.9. The molecule has 1 heterocycles. The molecule has 0 saturated heterocycles. The first-order valence-corrected chi connectivity index (χ1v) is 9.86. The van der Waals surface area contributed by atoms with E-state index in [1.165, 1.54) is 7.11 Å². The molecule has 0 saturated carbocycles. The van der Waals surface area contributed by atoms with E-state index in [1.807, 2.05) is 26.0 Å². The molecule has 27 heavy (non-hydrogen) atoms. The van der Waals surface area contributed by atoms with Crippen LogP contribution in [0.15, 0.2) is 18.3 Å². The number of methoxy groups -OCH3 is 1. The van der Waals surface area contributed by atoms with Crippen LogP contribution in [0.3, 0.4) is 0 Å². The van der Waals surface area contributed by atoms with Gasteiger partial charge in [0.15, 0.2) is 0 Å². The number of rotatable bonds is 8. The van der Waals surface area contributed by atoms with E-state index in [9.17, 15) is 9.59 Å². The molecule has 1 aromatic rings. The summed E-state index contributed by atoms with van der Waals surface area (Å²) in [6.45, 7) is 10.4. The first-order valence-electron chi connectivity index (χ1n) is 8.69. The maximum atomic E-state index is 11.1. The summed E-state index contributed by atoms with van der Waals surface area (Å²) in [6.07, 6.45) is 1.88. The van der Waals surface area contributed by atoms with Gasteiger partial charge in [0.25, 0.3) is 0 Å². The maximum Gasteiger partial charge on any atom is 0.405 e. The zero-order valence-corrected chi connectivity index (χ0v) is 17.9. The number of aromatic nitrogens is 1. The Morgan fingerprint density at radius 2 is 1.78 bits per heavy atom. The highest BCUT2D eigenvalue weighted by molar-refractivity contribution is 7.56. The van der Waals surface area contributed by atoms with Crippen LogP contribution >= 0.6 is 8.38 Å². The van der Waals surface area contributed by atoms with Crippen molar-refractivity contribution in [3.8, 4) is 0 Å². The molecule has 0 aromatic carbocycles. The highest BCUT2D eigenvalue weighted by Gasteiger charge is 2.14. The largest absolute Gasteiger partial charge is 0.469 e. The van der Waals surface area contributed by atoms with Crippen LogP contribution < -0.4 is 11.0 Å². The lowest BCUT2D eigenvalue weighted by Gasteiger charge is -2.16.